The third kappa shape index (κ3) is 2.87. The molecule has 0 saturated heterocycles. The van der Waals surface area contributed by atoms with Crippen LogP contribution in [-0.4, -0.2) is 24.5 Å². The molecule has 0 atom stereocenters. The van der Waals surface area contributed by atoms with Crippen LogP contribution in [0.1, 0.15) is 13.3 Å². The van der Waals surface area contributed by atoms with Crippen LogP contribution in [0.3, 0.4) is 0 Å². The molecule has 0 aliphatic heterocycles. The lowest BCUT2D eigenvalue weighted by atomic mass is 10.2. The second-order valence-electron chi connectivity index (χ2n) is 4.28. The first kappa shape index (κ1) is 13.4. The van der Waals surface area contributed by atoms with E-state index in [9.17, 15) is 8.42 Å². The van der Waals surface area contributed by atoms with Crippen molar-refractivity contribution >= 4 is 32.3 Å². The average molecular weight is 286 g/mol. The third-order valence-electron chi connectivity index (χ3n) is 3.03. The maximum atomic E-state index is 11.4. The summed E-state index contributed by atoms with van der Waals surface area (Å²) in [7, 11) is -2.88. The van der Waals surface area contributed by atoms with Crippen LogP contribution in [0.4, 0.5) is 0 Å². The molecule has 98 valence electrons. The number of nitrogens with zero attached hydrogens (tertiary/aromatic N) is 1. The number of hydrogen-bond donors (Lipinski definition) is 0. The molecule has 0 fully saturated rings. The lowest BCUT2D eigenvalue weighted by molar-refractivity contribution is 0.589. The van der Waals surface area contributed by atoms with E-state index in [-0.39, 0.29) is 11.5 Å². The molecule has 0 saturated carbocycles. The lowest BCUT2D eigenvalue weighted by Crippen LogP contribution is -2.11. The Kier molecular flexibility index (Phi) is 3.97. The van der Waals surface area contributed by atoms with Gasteiger partial charge in [-0.1, -0.05) is 30.7 Å². The van der Waals surface area contributed by atoms with Gasteiger partial charge < -0.3 is 4.57 Å². The van der Waals surface area contributed by atoms with E-state index in [0.29, 0.717) is 18.0 Å². The van der Waals surface area contributed by atoms with Crippen molar-refractivity contribution in [2.45, 2.75) is 19.9 Å². The monoisotopic (exact) mass is 285 g/mol. The van der Waals surface area contributed by atoms with Crippen molar-refractivity contribution in [1.29, 1.82) is 0 Å². The fraction of sp³-hybridized carbons (Fsp3) is 0.385. The molecule has 0 radical (unpaired) electrons. The SMILES string of the molecule is CCS(=O)(=O)CCCn1ccc2cccc(Cl)c21. The summed E-state index contributed by atoms with van der Waals surface area (Å²) in [6.45, 7) is 2.35. The highest BCUT2D eigenvalue weighted by Gasteiger charge is 2.08. The van der Waals surface area contributed by atoms with Crippen LogP contribution in [-0.2, 0) is 16.4 Å². The maximum absolute atomic E-state index is 11.4. The zero-order chi connectivity index (χ0) is 13.2. The first-order valence-electron chi connectivity index (χ1n) is 5.97. The van der Waals surface area contributed by atoms with E-state index in [1.807, 2.05) is 35.0 Å². The van der Waals surface area contributed by atoms with Gasteiger partial charge in [-0.05, 0) is 18.6 Å². The van der Waals surface area contributed by atoms with Crippen LogP contribution in [0, 0.1) is 0 Å². The Labute approximate surface area is 112 Å². The zero-order valence-corrected chi connectivity index (χ0v) is 11.8. The molecule has 5 heteroatoms. The van der Waals surface area contributed by atoms with Crippen molar-refractivity contribution < 1.29 is 8.42 Å². The van der Waals surface area contributed by atoms with Crippen molar-refractivity contribution in [2.75, 3.05) is 11.5 Å². The number of halogens is 1. The van der Waals surface area contributed by atoms with Crippen molar-refractivity contribution in [3.8, 4) is 0 Å². The summed E-state index contributed by atoms with van der Waals surface area (Å²) in [4.78, 5) is 0. The Hall–Kier alpha value is -1.00. The molecule has 18 heavy (non-hydrogen) atoms. The predicted octanol–water partition coefficient (Wildman–Crippen LogP) is 3.12. The topological polar surface area (TPSA) is 39.1 Å². The smallest absolute Gasteiger partial charge is 0.150 e. The Morgan fingerprint density at radius 1 is 1.28 bits per heavy atom. The molecule has 0 spiro atoms. The summed E-state index contributed by atoms with van der Waals surface area (Å²) in [6.07, 6.45) is 2.57. The van der Waals surface area contributed by atoms with Crippen LogP contribution in [0.15, 0.2) is 30.5 Å². The molecule has 0 aliphatic carbocycles. The molecule has 0 bridgehead atoms. The molecule has 2 rings (SSSR count). The molecule has 3 nitrogen and oxygen atoms in total. The van der Waals surface area contributed by atoms with Gasteiger partial charge >= 0.3 is 0 Å². The van der Waals surface area contributed by atoms with E-state index in [1.54, 1.807) is 6.92 Å². The van der Waals surface area contributed by atoms with Crippen LogP contribution in [0.5, 0.6) is 0 Å². The van der Waals surface area contributed by atoms with Crippen LogP contribution in [0.2, 0.25) is 5.02 Å². The minimum Gasteiger partial charge on any atom is -0.346 e. The van der Waals surface area contributed by atoms with Crippen LogP contribution >= 0.6 is 11.6 Å². The molecular weight excluding hydrogens is 270 g/mol. The molecule has 1 aromatic carbocycles. The number of hydrogen-bond acceptors (Lipinski definition) is 2. The summed E-state index contributed by atoms with van der Waals surface area (Å²) in [5.41, 5.74) is 0.980. The van der Waals surface area contributed by atoms with Crippen molar-refractivity contribution in [1.82, 2.24) is 4.57 Å². The zero-order valence-electron chi connectivity index (χ0n) is 10.3. The molecule has 2 aromatic rings. The van der Waals surface area contributed by atoms with E-state index in [0.717, 1.165) is 10.9 Å². The van der Waals surface area contributed by atoms with Crippen molar-refractivity contribution in [3.63, 3.8) is 0 Å². The van der Waals surface area contributed by atoms with E-state index >= 15 is 0 Å². The normalized spacial score (nSPS) is 12.1. The van der Waals surface area contributed by atoms with Gasteiger partial charge in [0.05, 0.1) is 16.3 Å². The van der Waals surface area contributed by atoms with Gasteiger partial charge in [0.1, 0.15) is 9.84 Å². The van der Waals surface area contributed by atoms with E-state index in [4.69, 9.17) is 11.6 Å². The second kappa shape index (κ2) is 5.33. The van der Waals surface area contributed by atoms with Gasteiger partial charge in [0.25, 0.3) is 0 Å². The number of sulfone groups is 1. The summed E-state index contributed by atoms with van der Waals surface area (Å²) in [6, 6.07) is 7.76. The molecule has 1 aromatic heterocycles. The molecule has 0 amide bonds. The number of benzene rings is 1. The Bertz CT molecular complexity index is 646. The lowest BCUT2D eigenvalue weighted by Gasteiger charge is -2.06. The molecule has 0 aliphatic rings. The predicted molar refractivity (Wildman–Crippen MR) is 75.9 cm³/mol. The van der Waals surface area contributed by atoms with Crippen LogP contribution in [0.25, 0.3) is 10.9 Å². The highest BCUT2D eigenvalue weighted by molar-refractivity contribution is 7.91. The van der Waals surface area contributed by atoms with Gasteiger partial charge in [0, 0.05) is 23.9 Å². The van der Waals surface area contributed by atoms with Gasteiger partial charge in [0.2, 0.25) is 0 Å². The Morgan fingerprint density at radius 3 is 2.78 bits per heavy atom. The molecular formula is C13H16ClNO2S. The highest BCUT2D eigenvalue weighted by atomic mass is 35.5. The van der Waals surface area contributed by atoms with E-state index in [2.05, 4.69) is 0 Å². The number of fused-ring (bicyclic) bond motifs is 1. The fourth-order valence-electron chi connectivity index (χ4n) is 2.00. The third-order valence-corrected chi connectivity index (χ3v) is 5.13. The Morgan fingerprint density at radius 2 is 2.06 bits per heavy atom. The number of rotatable bonds is 5. The maximum Gasteiger partial charge on any atom is 0.150 e. The fourth-order valence-corrected chi connectivity index (χ4v) is 3.15. The quantitative estimate of drug-likeness (QED) is 0.847. The van der Waals surface area contributed by atoms with Gasteiger partial charge in [-0.25, -0.2) is 8.42 Å². The standard InChI is InChI=1S/C13H16ClNO2S/c1-2-18(16,17)10-4-8-15-9-7-11-5-3-6-12(14)13(11)15/h3,5-7,9H,2,4,8,10H2,1H3. The summed E-state index contributed by atoms with van der Waals surface area (Å²) in [5.74, 6) is 0.438. The molecule has 0 N–H and O–H groups in total. The molecule has 0 unspecified atom stereocenters. The molecule has 1 heterocycles. The van der Waals surface area contributed by atoms with Crippen LogP contribution < -0.4 is 0 Å². The largest absolute Gasteiger partial charge is 0.346 e. The second-order valence-corrected chi connectivity index (χ2v) is 7.16. The number of aryl methyl sites for hydroxylation is 1. The first-order valence-corrected chi connectivity index (χ1v) is 8.17. The van der Waals surface area contributed by atoms with E-state index in [1.165, 1.54) is 0 Å². The van der Waals surface area contributed by atoms with Crippen molar-refractivity contribution in [2.24, 2.45) is 0 Å². The Balaban J connectivity index is 2.14. The van der Waals surface area contributed by atoms with E-state index < -0.39 is 9.84 Å². The first-order chi connectivity index (χ1) is 8.53. The van der Waals surface area contributed by atoms with Gasteiger partial charge in [-0.15, -0.1) is 0 Å². The van der Waals surface area contributed by atoms with Crippen molar-refractivity contribution in [3.05, 3.63) is 35.5 Å². The number of aromatic nitrogens is 1. The summed E-state index contributed by atoms with van der Waals surface area (Å²) in [5, 5.41) is 1.79. The minimum atomic E-state index is -2.88. The van der Waals surface area contributed by atoms with Gasteiger partial charge in [-0.2, -0.15) is 0 Å². The summed E-state index contributed by atoms with van der Waals surface area (Å²) < 4.78 is 24.9. The summed E-state index contributed by atoms with van der Waals surface area (Å²) >= 11 is 6.16. The number of para-hydroxylation sites is 1. The average Bonchev–Trinajstić information content (AvgIpc) is 2.74. The minimum absolute atomic E-state index is 0.209. The van der Waals surface area contributed by atoms with Gasteiger partial charge in [-0.3, -0.25) is 0 Å². The highest BCUT2D eigenvalue weighted by Crippen LogP contribution is 2.24. The van der Waals surface area contributed by atoms with Gasteiger partial charge in [0.15, 0.2) is 0 Å².